The third kappa shape index (κ3) is 4.47. The number of aryl methyl sites for hydroxylation is 1. The molecule has 0 aliphatic rings. The molecule has 0 saturated carbocycles. The molecule has 1 aromatic carbocycles. The SMILES string of the molecule is OCCCc1ccc[n+](Cc2ccccc2)c1.[Cl-]. The summed E-state index contributed by atoms with van der Waals surface area (Å²) >= 11 is 0. The minimum absolute atomic E-state index is 0. The van der Waals surface area contributed by atoms with Crippen LogP contribution in [0.1, 0.15) is 17.5 Å². The Hall–Kier alpha value is -1.38. The molecule has 1 heterocycles. The van der Waals surface area contributed by atoms with Crippen molar-refractivity contribution in [1.29, 1.82) is 0 Å². The zero-order valence-electron chi connectivity index (χ0n) is 10.3. The van der Waals surface area contributed by atoms with Crippen LogP contribution >= 0.6 is 0 Å². The molecule has 0 aliphatic heterocycles. The maximum atomic E-state index is 8.83. The van der Waals surface area contributed by atoms with Gasteiger partial charge in [-0.05, 0) is 18.9 Å². The van der Waals surface area contributed by atoms with Gasteiger partial charge >= 0.3 is 0 Å². The number of aromatic nitrogens is 1. The van der Waals surface area contributed by atoms with Crippen molar-refractivity contribution < 1.29 is 22.1 Å². The summed E-state index contributed by atoms with van der Waals surface area (Å²) < 4.78 is 2.18. The molecule has 3 heteroatoms. The Labute approximate surface area is 114 Å². The monoisotopic (exact) mass is 263 g/mol. The maximum Gasteiger partial charge on any atom is 0.173 e. The quantitative estimate of drug-likeness (QED) is 0.684. The molecule has 0 unspecified atom stereocenters. The van der Waals surface area contributed by atoms with E-state index in [1.165, 1.54) is 11.1 Å². The first-order valence-electron chi connectivity index (χ1n) is 6.01. The highest BCUT2D eigenvalue weighted by Gasteiger charge is 2.03. The van der Waals surface area contributed by atoms with Crippen molar-refractivity contribution in [2.75, 3.05) is 6.61 Å². The van der Waals surface area contributed by atoms with Gasteiger partial charge in [-0.3, -0.25) is 0 Å². The average Bonchev–Trinajstić information content (AvgIpc) is 2.38. The fourth-order valence-electron chi connectivity index (χ4n) is 1.90. The van der Waals surface area contributed by atoms with E-state index in [0.29, 0.717) is 0 Å². The summed E-state index contributed by atoms with van der Waals surface area (Å²) in [5.74, 6) is 0. The molecule has 0 aliphatic carbocycles. The van der Waals surface area contributed by atoms with E-state index in [-0.39, 0.29) is 19.0 Å². The van der Waals surface area contributed by atoms with Crippen LogP contribution in [0.15, 0.2) is 54.9 Å². The lowest BCUT2D eigenvalue weighted by Gasteiger charge is -2.00. The van der Waals surface area contributed by atoms with E-state index in [1.807, 2.05) is 6.07 Å². The number of rotatable bonds is 5. The molecule has 18 heavy (non-hydrogen) atoms. The van der Waals surface area contributed by atoms with Gasteiger partial charge in [0.05, 0.1) is 0 Å². The Bertz CT molecular complexity index is 459. The smallest absolute Gasteiger partial charge is 0.173 e. The van der Waals surface area contributed by atoms with E-state index >= 15 is 0 Å². The lowest BCUT2D eigenvalue weighted by Crippen LogP contribution is -3.00. The van der Waals surface area contributed by atoms with Gasteiger partial charge in [0.2, 0.25) is 0 Å². The van der Waals surface area contributed by atoms with Crippen LogP contribution in [0.3, 0.4) is 0 Å². The molecule has 0 bridgehead atoms. The van der Waals surface area contributed by atoms with Gasteiger partial charge in [0.1, 0.15) is 0 Å². The lowest BCUT2D eigenvalue weighted by molar-refractivity contribution is -0.688. The Morgan fingerprint density at radius 1 is 0.944 bits per heavy atom. The summed E-state index contributed by atoms with van der Waals surface area (Å²) in [5, 5.41) is 8.83. The molecule has 96 valence electrons. The largest absolute Gasteiger partial charge is 1.00 e. The number of hydrogen-bond acceptors (Lipinski definition) is 1. The highest BCUT2D eigenvalue weighted by molar-refractivity contribution is 5.13. The van der Waals surface area contributed by atoms with Crippen LogP contribution in [0, 0.1) is 0 Å². The van der Waals surface area contributed by atoms with Crippen LogP contribution in [0.25, 0.3) is 0 Å². The highest BCUT2D eigenvalue weighted by Crippen LogP contribution is 2.01. The molecule has 0 atom stereocenters. The molecule has 2 nitrogen and oxygen atoms in total. The zero-order valence-corrected chi connectivity index (χ0v) is 11.1. The molecule has 1 aromatic heterocycles. The Balaban J connectivity index is 0.00000162. The Morgan fingerprint density at radius 2 is 1.67 bits per heavy atom. The van der Waals surface area contributed by atoms with Crippen LogP contribution in [-0.4, -0.2) is 11.7 Å². The second-order valence-corrected chi connectivity index (χ2v) is 4.20. The van der Waals surface area contributed by atoms with Crippen LogP contribution in [0.2, 0.25) is 0 Å². The van der Waals surface area contributed by atoms with E-state index < -0.39 is 0 Å². The third-order valence-electron chi connectivity index (χ3n) is 2.75. The summed E-state index contributed by atoms with van der Waals surface area (Å²) in [6, 6.07) is 14.6. The highest BCUT2D eigenvalue weighted by atomic mass is 35.5. The number of aliphatic hydroxyl groups is 1. The Kier molecular flexibility index (Phi) is 6.40. The Morgan fingerprint density at radius 3 is 2.39 bits per heavy atom. The minimum atomic E-state index is 0. The topological polar surface area (TPSA) is 24.1 Å². The summed E-state index contributed by atoms with van der Waals surface area (Å²) in [7, 11) is 0. The summed E-state index contributed by atoms with van der Waals surface area (Å²) in [4.78, 5) is 0. The van der Waals surface area contributed by atoms with Gasteiger partial charge in [-0.25, -0.2) is 4.57 Å². The van der Waals surface area contributed by atoms with Gasteiger partial charge in [0.15, 0.2) is 18.9 Å². The number of halogens is 1. The predicted octanol–water partition coefficient (Wildman–Crippen LogP) is -1.05. The fraction of sp³-hybridized carbons (Fsp3) is 0.267. The molecule has 2 aromatic rings. The van der Waals surface area contributed by atoms with Gasteiger partial charge in [-0.1, -0.05) is 30.3 Å². The lowest BCUT2D eigenvalue weighted by atomic mass is 10.1. The second-order valence-electron chi connectivity index (χ2n) is 4.20. The maximum absolute atomic E-state index is 8.83. The van der Waals surface area contributed by atoms with Crippen LogP contribution in [0.4, 0.5) is 0 Å². The van der Waals surface area contributed by atoms with E-state index in [2.05, 4.69) is 53.4 Å². The predicted molar refractivity (Wildman–Crippen MR) is 67.6 cm³/mol. The van der Waals surface area contributed by atoms with Crippen molar-refractivity contribution in [3.05, 3.63) is 66.0 Å². The second kappa shape index (κ2) is 7.85. The first-order chi connectivity index (χ1) is 8.38. The van der Waals surface area contributed by atoms with Crippen molar-refractivity contribution in [3.63, 3.8) is 0 Å². The van der Waals surface area contributed by atoms with Crippen molar-refractivity contribution in [2.24, 2.45) is 0 Å². The molecule has 0 spiro atoms. The van der Waals surface area contributed by atoms with Crippen LogP contribution < -0.4 is 17.0 Å². The number of nitrogens with zero attached hydrogens (tertiary/aromatic N) is 1. The zero-order chi connectivity index (χ0) is 11.9. The number of hydrogen-bond donors (Lipinski definition) is 1. The average molecular weight is 264 g/mol. The number of pyridine rings is 1. The van der Waals surface area contributed by atoms with E-state index in [4.69, 9.17) is 5.11 Å². The molecule has 0 radical (unpaired) electrons. The van der Waals surface area contributed by atoms with E-state index in [1.54, 1.807) is 0 Å². The fourth-order valence-corrected chi connectivity index (χ4v) is 1.90. The molecule has 1 N–H and O–H groups in total. The normalized spacial score (nSPS) is 9.83. The summed E-state index contributed by atoms with van der Waals surface area (Å²) in [6.45, 7) is 1.15. The van der Waals surface area contributed by atoms with Crippen molar-refractivity contribution in [3.8, 4) is 0 Å². The first-order valence-corrected chi connectivity index (χ1v) is 6.01. The van der Waals surface area contributed by atoms with Crippen LogP contribution in [-0.2, 0) is 13.0 Å². The minimum Gasteiger partial charge on any atom is -1.00 e. The van der Waals surface area contributed by atoms with Crippen molar-refractivity contribution in [2.45, 2.75) is 19.4 Å². The molecule has 2 rings (SSSR count). The molecular weight excluding hydrogens is 246 g/mol. The van der Waals surface area contributed by atoms with E-state index in [0.717, 1.165) is 19.4 Å². The van der Waals surface area contributed by atoms with Gasteiger partial charge < -0.3 is 17.5 Å². The first kappa shape index (κ1) is 14.7. The van der Waals surface area contributed by atoms with Gasteiger partial charge in [0, 0.05) is 23.8 Å². The standard InChI is InChI=1S/C15H18NO.ClH/c17-11-5-9-15-8-4-10-16(13-15)12-14-6-2-1-3-7-14;/h1-4,6-8,10,13,17H,5,9,11-12H2;1H/q+1;/p-1. The number of aliphatic hydroxyl groups excluding tert-OH is 1. The third-order valence-corrected chi connectivity index (χ3v) is 2.75. The van der Waals surface area contributed by atoms with E-state index in [9.17, 15) is 0 Å². The van der Waals surface area contributed by atoms with Gasteiger partial charge in [-0.2, -0.15) is 0 Å². The van der Waals surface area contributed by atoms with Crippen molar-refractivity contribution >= 4 is 0 Å². The molecule has 0 amide bonds. The van der Waals surface area contributed by atoms with Crippen molar-refractivity contribution in [1.82, 2.24) is 0 Å². The van der Waals surface area contributed by atoms with Gasteiger partial charge in [-0.15, -0.1) is 0 Å². The molecule has 0 saturated heterocycles. The number of benzene rings is 1. The molecule has 0 fully saturated rings. The summed E-state index contributed by atoms with van der Waals surface area (Å²) in [6.07, 6.45) is 6.00. The van der Waals surface area contributed by atoms with Crippen LogP contribution in [0.5, 0.6) is 0 Å². The summed E-state index contributed by atoms with van der Waals surface area (Å²) in [5.41, 5.74) is 2.58. The van der Waals surface area contributed by atoms with Gasteiger partial charge in [0.25, 0.3) is 0 Å². The molecular formula is C15H18ClNO.